The van der Waals surface area contributed by atoms with Gasteiger partial charge in [-0.1, -0.05) is 18.2 Å². The Balaban J connectivity index is 1.67. The van der Waals surface area contributed by atoms with Crippen LogP contribution >= 0.6 is 11.3 Å². The van der Waals surface area contributed by atoms with Gasteiger partial charge in [0.1, 0.15) is 0 Å². The van der Waals surface area contributed by atoms with Gasteiger partial charge in [0, 0.05) is 27.3 Å². The molecule has 2 N–H and O–H groups in total. The molecule has 0 aliphatic rings. The van der Waals surface area contributed by atoms with Crippen molar-refractivity contribution < 1.29 is 23.9 Å². The van der Waals surface area contributed by atoms with Crippen LogP contribution in [0, 0.1) is 13.8 Å². The summed E-state index contributed by atoms with van der Waals surface area (Å²) in [7, 11) is 0. The van der Waals surface area contributed by atoms with Gasteiger partial charge < -0.3 is 4.74 Å². The van der Waals surface area contributed by atoms with Gasteiger partial charge in [0.15, 0.2) is 12.4 Å². The maximum atomic E-state index is 12.1. The number of ether oxygens (including phenoxy) is 1. The monoisotopic (exact) mass is 388 g/mol. The molecule has 7 nitrogen and oxygen atoms in total. The summed E-state index contributed by atoms with van der Waals surface area (Å²) in [6.45, 7) is 3.23. The fourth-order valence-corrected chi connectivity index (χ4v) is 3.24. The zero-order chi connectivity index (χ0) is 19.8. The van der Waals surface area contributed by atoms with Crippen LogP contribution in [0.15, 0.2) is 36.4 Å². The van der Waals surface area contributed by atoms with Crippen LogP contribution in [0.25, 0.3) is 0 Å². The van der Waals surface area contributed by atoms with Crippen molar-refractivity contribution in [3.05, 3.63) is 57.3 Å². The first-order chi connectivity index (χ1) is 12.9. The zero-order valence-electron chi connectivity index (χ0n) is 15.0. The van der Waals surface area contributed by atoms with Crippen LogP contribution in [0.3, 0.4) is 0 Å². The quantitative estimate of drug-likeness (QED) is 0.431. The van der Waals surface area contributed by atoms with E-state index in [1.165, 1.54) is 11.3 Å². The van der Waals surface area contributed by atoms with Crippen LogP contribution < -0.4 is 10.9 Å². The molecular weight excluding hydrogens is 368 g/mol. The van der Waals surface area contributed by atoms with Crippen LogP contribution in [0.1, 0.15) is 43.3 Å². The van der Waals surface area contributed by atoms with E-state index < -0.39 is 24.4 Å². The van der Waals surface area contributed by atoms with Gasteiger partial charge in [-0.05, 0) is 32.0 Å². The zero-order valence-corrected chi connectivity index (χ0v) is 15.9. The number of amides is 2. The number of carbonyl (C=O) groups excluding carboxylic acids is 4. The van der Waals surface area contributed by atoms with Gasteiger partial charge in [-0.3, -0.25) is 30.0 Å². The predicted octanol–water partition coefficient (Wildman–Crippen LogP) is 2.33. The average Bonchev–Trinajstić information content (AvgIpc) is 3.01. The van der Waals surface area contributed by atoms with E-state index >= 15 is 0 Å². The van der Waals surface area contributed by atoms with Crippen molar-refractivity contribution in [3.8, 4) is 0 Å². The maximum absolute atomic E-state index is 12.1. The average molecular weight is 388 g/mol. The molecule has 0 fully saturated rings. The van der Waals surface area contributed by atoms with Gasteiger partial charge >= 0.3 is 5.97 Å². The van der Waals surface area contributed by atoms with E-state index in [0.29, 0.717) is 11.1 Å². The number of nitrogens with one attached hydrogen (secondary N) is 2. The summed E-state index contributed by atoms with van der Waals surface area (Å²) < 4.78 is 4.81. The number of rotatable bonds is 7. The number of hydrogen-bond acceptors (Lipinski definition) is 6. The predicted molar refractivity (Wildman–Crippen MR) is 100 cm³/mol. The molecule has 2 rings (SSSR count). The SMILES string of the molecule is Cc1cc(C(=O)CCC(=O)OCC(=O)NNC(=O)c2ccccc2)c(C)s1. The molecule has 0 atom stereocenters. The summed E-state index contributed by atoms with van der Waals surface area (Å²) >= 11 is 1.53. The molecule has 0 saturated heterocycles. The van der Waals surface area contributed by atoms with Crippen molar-refractivity contribution in [2.75, 3.05) is 6.61 Å². The van der Waals surface area contributed by atoms with Crippen molar-refractivity contribution in [1.29, 1.82) is 0 Å². The summed E-state index contributed by atoms with van der Waals surface area (Å²) in [6, 6.07) is 10.1. The number of aryl methyl sites for hydroxylation is 2. The summed E-state index contributed by atoms with van der Waals surface area (Å²) in [6.07, 6.45) is -0.0982. The number of thiophene rings is 1. The molecule has 0 spiro atoms. The van der Waals surface area contributed by atoms with Crippen LogP contribution in [-0.4, -0.2) is 30.2 Å². The lowest BCUT2D eigenvalue weighted by Crippen LogP contribution is -2.43. The second-order valence-corrected chi connectivity index (χ2v) is 7.24. The van der Waals surface area contributed by atoms with Crippen LogP contribution in [0.4, 0.5) is 0 Å². The molecule has 1 aromatic carbocycles. The molecular formula is C19H20N2O5S. The second-order valence-electron chi connectivity index (χ2n) is 5.78. The first-order valence-electron chi connectivity index (χ1n) is 8.27. The molecule has 0 radical (unpaired) electrons. The van der Waals surface area contributed by atoms with E-state index in [4.69, 9.17) is 4.74 Å². The third-order valence-corrected chi connectivity index (χ3v) is 4.58. The fraction of sp³-hybridized carbons (Fsp3) is 0.263. The Kier molecular flexibility index (Phi) is 7.25. The lowest BCUT2D eigenvalue weighted by Gasteiger charge is -2.08. The van der Waals surface area contributed by atoms with Gasteiger partial charge in [-0.15, -0.1) is 11.3 Å². The Morgan fingerprint density at radius 2 is 1.70 bits per heavy atom. The minimum Gasteiger partial charge on any atom is -0.455 e. The van der Waals surface area contributed by atoms with Crippen LogP contribution in [0.5, 0.6) is 0 Å². The lowest BCUT2D eigenvalue weighted by atomic mass is 10.1. The Labute approximate surface area is 160 Å². The topological polar surface area (TPSA) is 102 Å². The van der Waals surface area contributed by atoms with E-state index in [-0.39, 0.29) is 18.6 Å². The van der Waals surface area contributed by atoms with Crippen LogP contribution in [-0.2, 0) is 14.3 Å². The number of ketones is 1. The molecule has 1 heterocycles. The van der Waals surface area contributed by atoms with Gasteiger partial charge in [0.2, 0.25) is 0 Å². The molecule has 2 aromatic rings. The molecule has 142 valence electrons. The Bertz CT molecular complexity index is 845. The Morgan fingerprint density at radius 3 is 2.33 bits per heavy atom. The van der Waals surface area contributed by atoms with Gasteiger partial charge in [-0.2, -0.15) is 0 Å². The normalized spacial score (nSPS) is 10.1. The molecule has 0 bridgehead atoms. The number of carbonyl (C=O) groups is 4. The van der Waals surface area contributed by atoms with Crippen molar-refractivity contribution in [2.24, 2.45) is 0 Å². The Hall–Kier alpha value is -3.00. The molecule has 0 aliphatic heterocycles. The fourth-order valence-electron chi connectivity index (χ4n) is 2.30. The first kappa shape index (κ1) is 20.3. The molecule has 0 saturated carbocycles. The van der Waals surface area contributed by atoms with E-state index in [1.807, 2.05) is 13.8 Å². The molecule has 27 heavy (non-hydrogen) atoms. The van der Waals surface area contributed by atoms with E-state index in [2.05, 4.69) is 10.9 Å². The number of hydrogen-bond donors (Lipinski definition) is 2. The second kappa shape index (κ2) is 9.63. The smallest absolute Gasteiger partial charge is 0.306 e. The van der Waals surface area contributed by atoms with Crippen molar-refractivity contribution in [2.45, 2.75) is 26.7 Å². The van der Waals surface area contributed by atoms with Gasteiger partial charge in [-0.25, -0.2) is 0 Å². The summed E-state index contributed by atoms with van der Waals surface area (Å²) in [5, 5.41) is 0. The highest BCUT2D eigenvalue weighted by Crippen LogP contribution is 2.22. The number of esters is 1. The highest BCUT2D eigenvalue weighted by molar-refractivity contribution is 7.12. The van der Waals surface area contributed by atoms with Crippen molar-refractivity contribution in [3.63, 3.8) is 0 Å². The Morgan fingerprint density at radius 1 is 1.00 bits per heavy atom. The number of benzene rings is 1. The number of hydrazine groups is 1. The minimum atomic E-state index is -0.678. The van der Waals surface area contributed by atoms with Gasteiger partial charge in [0.25, 0.3) is 11.8 Å². The van der Waals surface area contributed by atoms with Crippen molar-refractivity contribution >= 4 is 34.9 Å². The molecule has 0 unspecified atom stereocenters. The van der Waals surface area contributed by atoms with Gasteiger partial charge in [0.05, 0.1) is 6.42 Å². The molecule has 8 heteroatoms. The van der Waals surface area contributed by atoms with Crippen molar-refractivity contribution in [1.82, 2.24) is 10.9 Å². The molecule has 1 aromatic heterocycles. The van der Waals surface area contributed by atoms with E-state index in [1.54, 1.807) is 36.4 Å². The highest BCUT2D eigenvalue weighted by Gasteiger charge is 2.15. The standard InChI is InChI=1S/C19H20N2O5S/c1-12-10-15(13(2)27-12)16(22)8-9-18(24)26-11-17(23)20-21-19(25)14-6-4-3-5-7-14/h3-7,10H,8-9,11H2,1-2H3,(H,20,23)(H,21,25). The van der Waals surface area contributed by atoms with E-state index in [9.17, 15) is 19.2 Å². The lowest BCUT2D eigenvalue weighted by molar-refractivity contribution is -0.148. The third-order valence-electron chi connectivity index (χ3n) is 3.61. The largest absolute Gasteiger partial charge is 0.455 e. The number of Topliss-reactive ketones (excluding diaryl/α,β-unsaturated/α-hetero) is 1. The summed E-state index contributed by atoms with van der Waals surface area (Å²) in [4.78, 5) is 49.1. The maximum Gasteiger partial charge on any atom is 0.306 e. The highest BCUT2D eigenvalue weighted by atomic mass is 32.1. The molecule has 0 aliphatic carbocycles. The minimum absolute atomic E-state index is 0.0161. The van der Waals surface area contributed by atoms with E-state index in [0.717, 1.165) is 9.75 Å². The summed E-state index contributed by atoms with van der Waals surface area (Å²) in [5.74, 6) is -1.95. The van der Waals surface area contributed by atoms with Crippen LogP contribution in [0.2, 0.25) is 0 Å². The summed E-state index contributed by atoms with van der Waals surface area (Å²) in [5.41, 5.74) is 5.37. The first-order valence-corrected chi connectivity index (χ1v) is 9.08. The third kappa shape index (κ3) is 6.34. The molecule has 2 amide bonds.